The molecule has 2 aromatic rings. The van der Waals surface area contributed by atoms with Crippen LogP contribution in [0.4, 0.5) is 10.2 Å². The zero-order valence-electron chi connectivity index (χ0n) is 15.9. The van der Waals surface area contributed by atoms with Gasteiger partial charge in [0.05, 0.1) is 11.2 Å². The molecule has 2 fully saturated rings. The van der Waals surface area contributed by atoms with Gasteiger partial charge in [-0.1, -0.05) is 11.6 Å². The molecule has 3 heterocycles. The molecule has 0 bridgehead atoms. The largest absolute Gasteiger partial charge is 0.384 e. The van der Waals surface area contributed by atoms with E-state index in [4.69, 9.17) is 16.3 Å². The Labute approximate surface area is 174 Å². The average molecular weight is 441 g/mol. The third kappa shape index (κ3) is 4.23. The molecular formula is C19H22ClFN4O3S. The quantitative estimate of drug-likeness (QED) is 0.712. The van der Waals surface area contributed by atoms with E-state index in [2.05, 4.69) is 19.6 Å². The van der Waals surface area contributed by atoms with E-state index in [1.54, 1.807) is 13.2 Å². The number of ether oxygens (including phenoxy) is 1. The van der Waals surface area contributed by atoms with Crippen molar-refractivity contribution in [3.63, 3.8) is 0 Å². The van der Waals surface area contributed by atoms with Gasteiger partial charge in [0.1, 0.15) is 11.6 Å². The molecule has 3 atom stereocenters. The second kappa shape index (κ2) is 8.14. The van der Waals surface area contributed by atoms with Crippen LogP contribution in [0, 0.1) is 23.6 Å². The molecule has 4 rings (SSSR count). The molecule has 0 spiro atoms. The standard InChI is InChI=1S/C19H22ClFN4O3S/c1-28-11-15-13-5-7-25(10-14(13)15)18-3-2-16(20)19(24-18)29(26,27)23-8-12-4-6-22-9-17(12)21/h2-4,6,9,13-15,23H,5,7-8,10-11H2,1H3/t13-,14+,15+/m0/s1. The second-order valence-corrected chi connectivity index (χ2v) is 9.52. The van der Waals surface area contributed by atoms with Crippen molar-refractivity contribution < 1.29 is 17.5 Å². The minimum Gasteiger partial charge on any atom is -0.384 e. The normalized spacial score (nSPS) is 23.7. The number of halogens is 2. The Morgan fingerprint density at radius 2 is 2.17 bits per heavy atom. The molecule has 1 aliphatic carbocycles. The molecule has 7 nitrogen and oxygen atoms in total. The summed E-state index contributed by atoms with van der Waals surface area (Å²) in [6, 6.07) is 4.69. The molecule has 10 heteroatoms. The van der Waals surface area contributed by atoms with E-state index in [9.17, 15) is 12.8 Å². The van der Waals surface area contributed by atoms with Gasteiger partial charge in [-0.3, -0.25) is 4.98 Å². The van der Waals surface area contributed by atoms with Crippen LogP contribution in [0.5, 0.6) is 0 Å². The van der Waals surface area contributed by atoms with Gasteiger partial charge in [0, 0.05) is 45.1 Å². The van der Waals surface area contributed by atoms with Crippen LogP contribution < -0.4 is 9.62 Å². The zero-order valence-corrected chi connectivity index (χ0v) is 17.5. The Bertz CT molecular complexity index is 1010. The number of methoxy groups -OCH3 is 1. The van der Waals surface area contributed by atoms with Crippen LogP contribution in [0.15, 0.2) is 35.6 Å². The molecular weight excluding hydrogens is 419 g/mol. The van der Waals surface area contributed by atoms with Crippen LogP contribution in [-0.4, -0.2) is 45.2 Å². The van der Waals surface area contributed by atoms with Crippen molar-refractivity contribution in [2.45, 2.75) is 18.0 Å². The summed E-state index contributed by atoms with van der Waals surface area (Å²) >= 11 is 6.13. The van der Waals surface area contributed by atoms with Gasteiger partial charge in [0.25, 0.3) is 10.0 Å². The van der Waals surface area contributed by atoms with Gasteiger partial charge in [-0.25, -0.2) is 22.5 Å². The topological polar surface area (TPSA) is 84.4 Å². The highest BCUT2D eigenvalue weighted by atomic mass is 35.5. The number of piperidine rings is 1. The Kier molecular flexibility index (Phi) is 5.74. The fraction of sp³-hybridized carbons (Fsp3) is 0.474. The lowest BCUT2D eigenvalue weighted by Gasteiger charge is -2.27. The first-order valence-electron chi connectivity index (χ1n) is 9.39. The smallest absolute Gasteiger partial charge is 0.259 e. The van der Waals surface area contributed by atoms with E-state index in [0.717, 1.165) is 32.3 Å². The van der Waals surface area contributed by atoms with E-state index in [0.29, 0.717) is 23.6 Å². The van der Waals surface area contributed by atoms with E-state index in [-0.39, 0.29) is 22.2 Å². The second-order valence-electron chi connectivity index (χ2n) is 7.43. The number of sulfonamides is 1. The summed E-state index contributed by atoms with van der Waals surface area (Å²) in [5.41, 5.74) is 0.191. The number of hydrogen-bond donors (Lipinski definition) is 1. The van der Waals surface area contributed by atoms with Crippen LogP contribution in [-0.2, 0) is 21.3 Å². The van der Waals surface area contributed by atoms with E-state index < -0.39 is 15.8 Å². The lowest BCUT2D eigenvalue weighted by Crippen LogP contribution is -2.33. The number of hydrogen-bond acceptors (Lipinski definition) is 6. The fourth-order valence-electron chi connectivity index (χ4n) is 4.09. The predicted octanol–water partition coefficient (Wildman–Crippen LogP) is 2.47. The maximum atomic E-state index is 13.7. The Hall–Kier alpha value is -1.81. The van der Waals surface area contributed by atoms with Crippen molar-refractivity contribution in [2.75, 3.05) is 31.7 Å². The third-order valence-electron chi connectivity index (χ3n) is 5.72. The Morgan fingerprint density at radius 3 is 2.93 bits per heavy atom. The van der Waals surface area contributed by atoms with Crippen LogP contribution >= 0.6 is 11.6 Å². The SMILES string of the molecule is COC[C@@H]1[C@H]2CCN(c3ccc(Cl)c(S(=O)(=O)NCc4ccncc4F)n3)C[C@H]21. The van der Waals surface area contributed by atoms with Crippen LogP contribution in [0.25, 0.3) is 0 Å². The number of anilines is 1. The molecule has 2 aromatic heterocycles. The molecule has 0 radical (unpaired) electrons. The number of nitrogens with zero attached hydrogens (tertiary/aromatic N) is 3. The maximum absolute atomic E-state index is 13.7. The van der Waals surface area contributed by atoms with Crippen molar-refractivity contribution in [1.82, 2.24) is 14.7 Å². The first-order chi connectivity index (χ1) is 13.9. The molecule has 1 saturated heterocycles. The minimum absolute atomic E-state index is 0.0232. The summed E-state index contributed by atoms with van der Waals surface area (Å²) in [5, 5.41) is -0.229. The third-order valence-corrected chi connectivity index (χ3v) is 7.48. The van der Waals surface area contributed by atoms with E-state index >= 15 is 0 Å². The van der Waals surface area contributed by atoms with Gasteiger partial charge in [-0.2, -0.15) is 0 Å². The Balaban J connectivity index is 1.50. The van der Waals surface area contributed by atoms with Gasteiger partial charge in [-0.15, -0.1) is 0 Å². The minimum atomic E-state index is -4.02. The summed E-state index contributed by atoms with van der Waals surface area (Å²) in [7, 11) is -2.30. The molecule has 0 aromatic carbocycles. The predicted molar refractivity (Wildman–Crippen MR) is 107 cm³/mol. The van der Waals surface area contributed by atoms with Crippen molar-refractivity contribution in [3.05, 3.63) is 47.0 Å². The van der Waals surface area contributed by atoms with Gasteiger partial charge < -0.3 is 9.64 Å². The number of fused-ring (bicyclic) bond motifs is 1. The van der Waals surface area contributed by atoms with E-state index in [1.165, 1.54) is 18.3 Å². The van der Waals surface area contributed by atoms with Crippen molar-refractivity contribution >= 4 is 27.4 Å². The van der Waals surface area contributed by atoms with Gasteiger partial charge in [0.2, 0.25) is 0 Å². The highest BCUT2D eigenvalue weighted by Gasteiger charge is 2.52. The highest BCUT2D eigenvalue weighted by molar-refractivity contribution is 7.89. The molecule has 1 saturated carbocycles. The van der Waals surface area contributed by atoms with E-state index in [1.807, 2.05) is 0 Å². The van der Waals surface area contributed by atoms with Crippen LogP contribution in [0.2, 0.25) is 5.02 Å². The zero-order chi connectivity index (χ0) is 20.6. The average Bonchev–Trinajstić information content (AvgIpc) is 3.40. The first-order valence-corrected chi connectivity index (χ1v) is 11.3. The summed E-state index contributed by atoms with van der Waals surface area (Å²) in [4.78, 5) is 10.1. The highest BCUT2D eigenvalue weighted by Crippen LogP contribution is 2.52. The number of aromatic nitrogens is 2. The van der Waals surface area contributed by atoms with Gasteiger partial charge >= 0.3 is 0 Å². The van der Waals surface area contributed by atoms with Crippen molar-refractivity contribution in [2.24, 2.45) is 17.8 Å². The molecule has 0 unspecified atom stereocenters. The Morgan fingerprint density at radius 1 is 1.34 bits per heavy atom. The summed E-state index contributed by atoms with van der Waals surface area (Å²) in [6.45, 7) is 2.17. The molecule has 0 amide bonds. The maximum Gasteiger partial charge on any atom is 0.259 e. The summed E-state index contributed by atoms with van der Waals surface area (Å²) in [5.74, 6) is 1.79. The van der Waals surface area contributed by atoms with Crippen LogP contribution in [0.1, 0.15) is 12.0 Å². The monoisotopic (exact) mass is 440 g/mol. The number of rotatable bonds is 7. The number of nitrogens with one attached hydrogen (secondary N) is 1. The summed E-state index contributed by atoms with van der Waals surface area (Å²) < 4.78 is 46.9. The first kappa shape index (κ1) is 20.5. The van der Waals surface area contributed by atoms with Crippen molar-refractivity contribution in [3.8, 4) is 0 Å². The van der Waals surface area contributed by atoms with Gasteiger partial charge in [-0.05, 0) is 42.4 Å². The molecule has 2 aliphatic rings. The van der Waals surface area contributed by atoms with Gasteiger partial charge in [0.15, 0.2) is 5.03 Å². The lowest BCUT2D eigenvalue weighted by atomic mass is 10.1. The molecule has 1 aliphatic heterocycles. The lowest BCUT2D eigenvalue weighted by molar-refractivity contribution is 0.178. The number of pyridine rings is 2. The molecule has 156 valence electrons. The van der Waals surface area contributed by atoms with Crippen molar-refractivity contribution in [1.29, 1.82) is 0 Å². The fourth-order valence-corrected chi connectivity index (χ4v) is 5.52. The van der Waals surface area contributed by atoms with Crippen LogP contribution in [0.3, 0.4) is 0 Å². The molecule has 29 heavy (non-hydrogen) atoms. The molecule has 1 N–H and O–H groups in total. The summed E-state index contributed by atoms with van der Waals surface area (Å²) in [6.07, 6.45) is 3.47.